The molecule has 1 aromatic heterocycles. The first kappa shape index (κ1) is 19.2. The topological polar surface area (TPSA) is 42.4 Å². The van der Waals surface area contributed by atoms with Crippen molar-refractivity contribution < 1.29 is 9.53 Å². The van der Waals surface area contributed by atoms with Crippen LogP contribution < -0.4 is 9.64 Å². The van der Waals surface area contributed by atoms with Crippen LogP contribution >= 0.6 is 0 Å². The second kappa shape index (κ2) is 7.36. The van der Waals surface area contributed by atoms with E-state index in [9.17, 15) is 4.79 Å². The Balaban J connectivity index is 1.60. The monoisotopic (exact) mass is 386 g/mol. The van der Waals surface area contributed by atoms with E-state index in [4.69, 9.17) is 4.74 Å². The van der Waals surface area contributed by atoms with Gasteiger partial charge in [0.1, 0.15) is 11.9 Å². The number of carbonyl (C=O) groups is 1. The number of carbonyl (C=O) groups excluding carboxylic acids is 1. The fourth-order valence-electron chi connectivity index (χ4n) is 3.67. The first-order chi connectivity index (χ1) is 13.8. The summed E-state index contributed by atoms with van der Waals surface area (Å²) in [6, 6.07) is 18.0. The Bertz CT molecular complexity index is 1020. The molecule has 0 unspecified atom stereocenters. The molecule has 0 fully saturated rings. The van der Waals surface area contributed by atoms with Gasteiger partial charge in [-0.2, -0.15) is 0 Å². The molecule has 0 aliphatic carbocycles. The highest BCUT2D eigenvalue weighted by Crippen LogP contribution is 2.36. The van der Waals surface area contributed by atoms with Gasteiger partial charge in [0.15, 0.2) is 0 Å². The second-order valence-electron chi connectivity index (χ2n) is 8.52. The van der Waals surface area contributed by atoms with Crippen LogP contribution in [0.1, 0.15) is 60.8 Å². The SMILES string of the molecule is C[C@@H](Oc1cccc2c1C(=O)N(c1ccc(C(C)(C)C)cc1)C2)c1ccncc1. The van der Waals surface area contributed by atoms with Gasteiger partial charge in [-0.25, -0.2) is 0 Å². The van der Waals surface area contributed by atoms with Crippen molar-refractivity contribution in [1.82, 2.24) is 4.98 Å². The molecule has 0 saturated heterocycles. The van der Waals surface area contributed by atoms with E-state index in [0.29, 0.717) is 17.9 Å². The highest BCUT2D eigenvalue weighted by molar-refractivity contribution is 6.11. The molecule has 0 saturated carbocycles. The van der Waals surface area contributed by atoms with Gasteiger partial charge in [0.05, 0.1) is 12.1 Å². The zero-order chi connectivity index (χ0) is 20.6. The third kappa shape index (κ3) is 3.75. The van der Waals surface area contributed by atoms with Crippen LogP contribution in [0.3, 0.4) is 0 Å². The molecule has 4 nitrogen and oxygen atoms in total. The van der Waals surface area contributed by atoms with E-state index in [2.05, 4.69) is 37.9 Å². The Kier molecular flexibility index (Phi) is 4.87. The standard InChI is InChI=1S/C25H26N2O2/c1-17(18-12-14-26-15-13-18)29-22-7-5-6-19-16-27(24(28)23(19)22)21-10-8-20(9-11-21)25(2,3)4/h5-15,17H,16H2,1-4H3/t17-/m1/s1. The molecule has 4 heteroatoms. The lowest BCUT2D eigenvalue weighted by atomic mass is 9.87. The molecule has 0 bridgehead atoms. The summed E-state index contributed by atoms with van der Waals surface area (Å²) in [6.45, 7) is 9.10. The number of hydrogen-bond acceptors (Lipinski definition) is 3. The Morgan fingerprint density at radius 2 is 1.69 bits per heavy atom. The van der Waals surface area contributed by atoms with Crippen molar-refractivity contribution in [3.63, 3.8) is 0 Å². The van der Waals surface area contributed by atoms with E-state index >= 15 is 0 Å². The van der Waals surface area contributed by atoms with Crippen molar-refractivity contribution in [2.45, 2.75) is 45.8 Å². The van der Waals surface area contributed by atoms with Crippen LogP contribution in [0, 0.1) is 0 Å². The van der Waals surface area contributed by atoms with E-state index in [-0.39, 0.29) is 17.4 Å². The number of benzene rings is 2. The van der Waals surface area contributed by atoms with Gasteiger partial charge in [0.2, 0.25) is 0 Å². The molecular weight excluding hydrogens is 360 g/mol. The van der Waals surface area contributed by atoms with Crippen molar-refractivity contribution in [3.8, 4) is 5.75 Å². The van der Waals surface area contributed by atoms with Gasteiger partial charge in [-0.05, 0) is 59.4 Å². The van der Waals surface area contributed by atoms with E-state index < -0.39 is 0 Å². The van der Waals surface area contributed by atoms with Crippen molar-refractivity contribution in [3.05, 3.63) is 89.2 Å². The molecule has 3 aromatic rings. The number of anilines is 1. The number of fused-ring (bicyclic) bond motifs is 1. The van der Waals surface area contributed by atoms with Gasteiger partial charge < -0.3 is 9.64 Å². The molecular formula is C25H26N2O2. The van der Waals surface area contributed by atoms with Gasteiger partial charge in [-0.1, -0.05) is 45.0 Å². The molecule has 0 spiro atoms. The Morgan fingerprint density at radius 1 is 1.00 bits per heavy atom. The fraction of sp³-hybridized carbons (Fsp3) is 0.280. The minimum Gasteiger partial charge on any atom is -0.485 e. The van der Waals surface area contributed by atoms with Gasteiger partial charge in [0, 0.05) is 18.1 Å². The summed E-state index contributed by atoms with van der Waals surface area (Å²) in [5.74, 6) is 0.617. The first-order valence-corrected chi connectivity index (χ1v) is 9.95. The Labute approximate surface area is 172 Å². The highest BCUT2D eigenvalue weighted by atomic mass is 16.5. The molecule has 2 aromatic carbocycles. The quantitative estimate of drug-likeness (QED) is 0.579. The average molecular weight is 386 g/mol. The number of pyridine rings is 1. The van der Waals surface area contributed by atoms with E-state index in [1.165, 1.54) is 5.56 Å². The second-order valence-corrected chi connectivity index (χ2v) is 8.52. The van der Waals surface area contributed by atoms with Crippen LogP contribution in [0.4, 0.5) is 5.69 Å². The Morgan fingerprint density at radius 3 is 2.34 bits per heavy atom. The maximum absolute atomic E-state index is 13.3. The summed E-state index contributed by atoms with van der Waals surface area (Å²) in [4.78, 5) is 19.1. The molecule has 29 heavy (non-hydrogen) atoms. The van der Waals surface area contributed by atoms with E-state index in [1.807, 2.05) is 54.3 Å². The molecule has 0 radical (unpaired) electrons. The maximum atomic E-state index is 13.3. The normalized spacial score (nSPS) is 14.6. The zero-order valence-corrected chi connectivity index (χ0v) is 17.3. The predicted octanol–water partition coefficient (Wildman–Crippen LogP) is 5.68. The summed E-state index contributed by atoms with van der Waals surface area (Å²) in [6.07, 6.45) is 3.33. The van der Waals surface area contributed by atoms with Crippen LogP contribution in [-0.4, -0.2) is 10.9 Å². The molecule has 1 atom stereocenters. The van der Waals surface area contributed by atoms with Crippen LogP contribution in [0.25, 0.3) is 0 Å². The lowest BCUT2D eigenvalue weighted by molar-refractivity contribution is 0.0991. The molecule has 1 amide bonds. The van der Waals surface area contributed by atoms with Crippen LogP contribution in [0.2, 0.25) is 0 Å². The average Bonchev–Trinajstić information content (AvgIpc) is 3.06. The van der Waals surface area contributed by atoms with Crippen molar-refractivity contribution in [2.75, 3.05) is 4.90 Å². The van der Waals surface area contributed by atoms with Crippen molar-refractivity contribution in [2.24, 2.45) is 0 Å². The number of aromatic nitrogens is 1. The maximum Gasteiger partial charge on any atom is 0.262 e. The Hall–Kier alpha value is -3.14. The van der Waals surface area contributed by atoms with Gasteiger partial charge in [0.25, 0.3) is 5.91 Å². The summed E-state index contributed by atoms with van der Waals surface area (Å²) < 4.78 is 6.19. The number of nitrogens with zero attached hydrogens (tertiary/aromatic N) is 2. The number of hydrogen-bond donors (Lipinski definition) is 0. The summed E-state index contributed by atoms with van der Waals surface area (Å²) >= 11 is 0. The number of amides is 1. The lowest BCUT2D eigenvalue weighted by Crippen LogP contribution is -2.23. The largest absolute Gasteiger partial charge is 0.485 e. The summed E-state index contributed by atoms with van der Waals surface area (Å²) in [7, 11) is 0. The summed E-state index contributed by atoms with van der Waals surface area (Å²) in [5, 5.41) is 0. The third-order valence-electron chi connectivity index (χ3n) is 5.42. The van der Waals surface area contributed by atoms with Gasteiger partial charge >= 0.3 is 0 Å². The molecule has 4 rings (SSSR count). The molecule has 148 valence electrons. The van der Waals surface area contributed by atoms with Crippen LogP contribution in [0.5, 0.6) is 5.75 Å². The minimum atomic E-state index is -0.169. The smallest absolute Gasteiger partial charge is 0.262 e. The van der Waals surface area contributed by atoms with Crippen LogP contribution in [-0.2, 0) is 12.0 Å². The van der Waals surface area contributed by atoms with Crippen molar-refractivity contribution in [1.29, 1.82) is 0 Å². The summed E-state index contributed by atoms with van der Waals surface area (Å²) in [5.41, 5.74) is 4.92. The predicted molar refractivity (Wildman–Crippen MR) is 115 cm³/mol. The van der Waals surface area contributed by atoms with E-state index in [0.717, 1.165) is 16.8 Å². The van der Waals surface area contributed by atoms with Crippen LogP contribution in [0.15, 0.2) is 67.0 Å². The van der Waals surface area contributed by atoms with E-state index in [1.54, 1.807) is 12.4 Å². The van der Waals surface area contributed by atoms with Gasteiger partial charge in [-0.3, -0.25) is 9.78 Å². The molecule has 1 aliphatic heterocycles. The van der Waals surface area contributed by atoms with Gasteiger partial charge in [-0.15, -0.1) is 0 Å². The lowest BCUT2D eigenvalue weighted by Gasteiger charge is -2.21. The number of ether oxygens (including phenoxy) is 1. The minimum absolute atomic E-state index is 0.0129. The zero-order valence-electron chi connectivity index (χ0n) is 17.3. The fourth-order valence-corrected chi connectivity index (χ4v) is 3.67. The third-order valence-corrected chi connectivity index (χ3v) is 5.42. The first-order valence-electron chi connectivity index (χ1n) is 9.95. The number of rotatable bonds is 4. The molecule has 2 heterocycles. The molecule has 0 N–H and O–H groups in total. The van der Waals surface area contributed by atoms with Crippen molar-refractivity contribution >= 4 is 11.6 Å². The molecule has 1 aliphatic rings. The highest BCUT2D eigenvalue weighted by Gasteiger charge is 2.32.